The topological polar surface area (TPSA) is 58.8 Å². The second kappa shape index (κ2) is 8.57. The van der Waals surface area contributed by atoms with Gasteiger partial charge >= 0.3 is 0 Å². The molecule has 0 bridgehead atoms. The zero-order valence-electron chi connectivity index (χ0n) is 17.7. The van der Waals surface area contributed by atoms with Gasteiger partial charge in [0.2, 0.25) is 5.91 Å². The van der Waals surface area contributed by atoms with E-state index in [0.29, 0.717) is 6.61 Å². The van der Waals surface area contributed by atoms with E-state index in [2.05, 4.69) is 28.3 Å². The van der Waals surface area contributed by atoms with Crippen molar-refractivity contribution in [2.75, 3.05) is 39.3 Å². The number of piperazine rings is 1. The highest BCUT2D eigenvalue weighted by atomic mass is 16.5. The Labute approximate surface area is 172 Å². The molecule has 0 radical (unpaired) electrons. The van der Waals surface area contributed by atoms with Crippen molar-refractivity contribution < 1.29 is 14.1 Å². The molecule has 0 saturated carbocycles. The first kappa shape index (κ1) is 20.0. The second-order valence-corrected chi connectivity index (χ2v) is 8.26. The van der Waals surface area contributed by atoms with Gasteiger partial charge in [-0.15, -0.1) is 0 Å². The van der Waals surface area contributed by atoms with Crippen molar-refractivity contribution in [3.63, 3.8) is 0 Å². The lowest BCUT2D eigenvalue weighted by molar-refractivity contribution is -0.134. The fraction of sp³-hybridized carbons (Fsp3) is 0.565. The number of fused-ring (bicyclic) bond motifs is 1. The van der Waals surface area contributed by atoms with Gasteiger partial charge in [0.25, 0.3) is 0 Å². The standard InChI is InChI=1S/C23H31N3O3/c1-16(22-17(2)24-29-18(22)3)23(27)26-11-9-25(10-12-26)13-14-28-21-8-7-19-5-4-6-20(19)15-21/h7-8,15-16H,4-6,9-14H2,1-3H3/t16-/m1/s1. The summed E-state index contributed by atoms with van der Waals surface area (Å²) in [7, 11) is 0. The Morgan fingerprint density at radius 1 is 1.17 bits per heavy atom. The third-order valence-corrected chi connectivity index (χ3v) is 6.32. The number of benzene rings is 1. The fourth-order valence-electron chi connectivity index (χ4n) is 4.63. The lowest BCUT2D eigenvalue weighted by atomic mass is 9.97. The van der Waals surface area contributed by atoms with E-state index in [0.717, 1.165) is 55.5 Å². The number of rotatable bonds is 6. The third kappa shape index (κ3) is 4.32. The molecule has 2 aromatic rings. The minimum absolute atomic E-state index is 0.161. The van der Waals surface area contributed by atoms with Gasteiger partial charge in [-0.3, -0.25) is 9.69 Å². The van der Waals surface area contributed by atoms with Crippen LogP contribution in [-0.2, 0) is 17.6 Å². The molecule has 156 valence electrons. The molecule has 0 N–H and O–H groups in total. The molecule has 1 fully saturated rings. The van der Waals surface area contributed by atoms with Crippen molar-refractivity contribution in [1.29, 1.82) is 0 Å². The zero-order valence-corrected chi connectivity index (χ0v) is 17.7. The number of nitrogens with zero attached hydrogens (tertiary/aromatic N) is 3. The quantitative estimate of drug-likeness (QED) is 0.750. The molecule has 1 atom stereocenters. The van der Waals surface area contributed by atoms with Gasteiger partial charge in [-0.2, -0.15) is 0 Å². The van der Waals surface area contributed by atoms with E-state index in [1.165, 1.54) is 30.4 Å². The molecule has 1 aliphatic carbocycles. The molecular weight excluding hydrogens is 366 g/mol. The number of carbonyl (C=O) groups excluding carboxylic acids is 1. The fourth-order valence-corrected chi connectivity index (χ4v) is 4.63. The molecule has 1 aliphatic heterocycles. The number of hydrogen-bond acceptors (Lipinski definition) is 5. The molecule has 1 saturated heterocycles. The van der Waals surface area contributed by atoms with Crippen LogP contribution in [0.1, 0.15) is 47.4 Å². The van der Waals surface area contributed by atoms with Crippen LogP contribution in [0.5, 0.6) is 5.75 Å². The molecule has 0 spiro atoms. The Morgan fingerprint density at radius 2 is 1.93 bits per heavy atom. The summed E-state index contributed by atoms with van der Waals surface area (Å²) >= 11 is 0. The molecule has 1 amide bonds. The molecular formula is C23H31N3O3. The van der Waals surface area contributed by atoms with Crippen molar-refractivity contribution in [3.05, 3.63) is 46.3 Å². The number of aromatic nitrogens is 1. The Kier molecular flexibility index (Phi) is 5.90. The molecule has 29 heavy (non-hydrogen) atoms. The van der Waals surface area contributed by atoms with E-state index >= 15 is 0 Å². The van der Waals surface area contributed by atoms with Crippen LogP contribution < -0.4 is 4.74 Å². The Balaban J connectivity index is 1.23. The minimum atomic E-state index is -0.212. The van der Waals surface area contributed by atoms with Gasteiger partial charge in [0, 0.05) is 38.3 Å². The van der Waals surface area contributed by atoms with Gasteiger partial charge < -0.3 is 14.2 Å². The monoisotopic (exact) mass is 397 g/mol. The SMILES string of the molecule is Cc1noc(C)c1[C@@H](C)C(=O)N1CCN(CCOc2ccc3c(c2)CCC3)CC1. The molecule has 6 nitrogen and oxygen atoms in total. The van der Waals surface area contributed by atoms with Crippen molar-refractivity contribution in [2.45, 2.75) is 46.0 Å². The Morgan fingerprint density at radius 3 is 2.66 bits per heavy atom. The maximum Gasteiger partial charge on any atom is 0.230 e. The van der Waals surface area contributed by atoms with E-state index in [1.54, 1.807) is 0 Å². The molecule has 4 rings (SSSR count). The van der Waals surface area contributed by atoms with Crippen LogP contribution >= 0.6 is 0 Å². The van der Waals surface area contributed by atoms with Gasteiger partial charge in [0.1, 0.15) is 18.1 Å². The first-order valence-corrected chi connectivity index (χ1v) is 10.7. The minimum Gasteiger partial charge on any atom is -0.492 e. The van der Waals surface area contributed by atoms with Gasteiger partial charge in [-0.25, -0.2) is 0 Å². The number of carbonyl (C=O) groups is 1. The van der Waals surface area contributed by atoms with E-state index in [1.807, 2.05) is 25.7 Å². The van der Waals surface area contributed by atoms with Crippen molar-refractivity contribution in [2.24, 2.45) is 0 Å². The van der Waals surface area contributed by atoms with E-state index < -0.39 is 0 Å². The first-order chi connectivity index (χ1) is 14.0. The second-order valence-electron chi connectivity index (χ2n) is 8.26. The first-order valence-electron chi connectivity index (χ1n) is 10.7. The molecule has 2 aliphatic rings. The summed E-state index contributed by atoms with van der Waals surface area (Å²) in [5, 5.41) is 3.99. The van der Waals surface area contributed by atoms with Gasteiger partial charge in [0.15, 0.2) is 0 Å². The predicted octanol–water partition coefficient (Wildman–Crippen LogP) is 3.11. The van der Waals surface area contributed by atoms with Crippen LogP contribution in [0.2, 0.25) is 0 Å². The van der Waals surface area contributed by atoms with Gasteiger partial charge in [-0.1, -0.05) is 11.2 Å². The van der Waals surface area contributed by atoms with Gasteiger partial charge in [0.05, 0.1) is 11.6 Å². The third-order valence-electron chi connectivity index (χ3n) is 6.32. The number of hydrogen-bond donors (Lipinski definition) is 0. The lowest BCUT2D eigenvalue weighted by Gasteiger charge is -2.35. The van der Waals surface area contributed by atoms with E-state index in [-0.39, 0.29) is 11.8 Å². The number of aryl methyl sites for hydroxylation is 4. The average Bonchev–Trinajstić information content (AvgIpc) is 3.33. The van der Waals surface area contributed by atoms with Gasteiger partial charge in [-0.05, 0) is 63.3 Å². The summed E-state index contributed by atoms with van der Waals surface area (Å²) in [5.41, 5.74) is 4.66. The van der Waals surface area contributed by atoms with E-state index in [4.69, 9.17) is 9.26 Å². The predicted molar refractivity (Wildman–Crippen MR) is 111 cm³/mol. The van der Waals surface area contributed by atoms with Crippen molar-refractivity contribution >= 4 is 5.91 Å². The highest BCUT2D eigenvalue weighted by Crippen LogP contribution is 2.27. The largest absolute Gasteiger partial charge is 0.492 e. The highest BCUT2D eigenvalue weighted by Gasteiger charge is 2.29. The molecule has 1 aromatic carbocycles. The number of ether oxygens (including phenoxy) is 1. The van der Waals surface area contributed by atoms with Crippen LogP contribution in [0, 0.1) is 13.8 Å². The highest BCUT2D eigenvalue weighted by molar-refractivity contribution is 5.84. The summed E-state index contributed by atoms with van der Waals surface area (Å²) in [5.74, 6) is 1.67. The van der Waals surface area contributed by atoms with E-state index in [9.17, 15) is 4.79 Å². The van der Waals surface area contributed by atoms with Crippen molar-refractivity contribution in [3.8, 4) is 5.75 Å². The molecule has 2 heterocycles. The average molecular weight is 398 g/mol. The summed E-state index contributed by atoms with van der Waals surface area (Å²) in [4.78, 5) is 17.3. The summed E-state index contributed by atoms with van der Waals surface area (Å²) < 4.78 is 11.2. The maximum absolute atomic E-state index is 12.9. The normalized spacial score (nSPS) is 18.0. The van der Waals surface area contributed by atoms with Crippen LogP contribution in [0.3, 0.4) is 0 Å². The smallest absolute Gasteiger partial charge is 0.230 e. The Hall–Kier alpha value is -2.34. The van der Waals surface area contributed by atoms with Crippen LogP contribution in [0.15, 0.2) is 22.7 Å². The van der Waals surface area contributed by atoms with Crippen LogP contribution in [-0.4, -0.2) is 60.2 Å². The van der Waals surface area contributed by atoms with Crippen LogP contribution in [0.25, 0.3) is 0 Å². The van der Waals surface area contributed by atoms with Crippen LogP contribution in [0.4, 0.5) is 0 Å². The lowest BCUT2D eigenvalue weighted by Crippen LogP contribution is -2.50. The van der Waals surface area contributed by atoms with Crippen molar-refractivity contribution in [1.82, 2.24) is 15.0 Å². The zero-order chi connectivity index (χ0) is 20.4. The molecule has 0 unspecified atom stereocenters. The summed E-state index contributed by atoms with van der Waals surface area (Å²) in [6, 6.07) is 6.51. The number of amides is 1. The summed E-state index contributed by atoms with van der Waals surface area (Å²) in [6.07, 6.45) is 3.64. The summed E-state index contributed by atoms with van der Waals surface area (Å²) in [6.45, 7) is 10.6. The molecule has 1 aromatic heterocycles. The Bertz CT molecular complexity index is 849. The molecule has 6 heteroatoms. The maximum atomic E-state index is 12.9.